The summed E-state index contributed by atoms with van der Waals surface area (Å²) in [6.07, 6.45) is -0.615. The molecule has 0 atom stereocenters. The van der Waals surface area contributed by atoms with Gasteiger partial charge in [-0.25, -0.2) is 5.84 Å². The third-order valence-corrected chi connectivity index (χ3v) is 1.23. The predicted octanol–water partition coefficient (Wildman–Crippen LogP) is -0.919. The molecule has 0 aliphatic carbocycles. The van der Waals surface area contributed by atoms with Crippen molar-refractivity contribution < 1.29 is 0 Å². The Hall–Kier alpha value is -2.30. The Morgan fingerprint density at radius 3 is 2.07 bits per heavy atom. The number of nitrogen functional groups attached to an aromatic ring is 1. The lowest BCUT2D eigenvalue weighted by molar-refractivity contribution is 0.756. The summed E-state index contributed by atoms with van der Waals surface area (Å²) in [6.45, 7) is 0. The van der Waals surface area contributed by atoms with Crippen LogP contribution in [0.5, 0.6) is 0 Å². The molecule has 1 aromatic rings. The second-order valence-electron chi connectivity index (χ2n) is 2.12. The molecule has 0 saturated carbocycles. The maximum atomic E-state index is 5.02. The fourth-order valence-electron chi connectivity index (χ4n) is 0.685. The van der Waals surface area contributed by atoms with Gasteiger partial charge in [-0.3, -0.25) is 5.43 Å². The van der Waals surface area contributed by atoms with E-state index in [-0.39, 0.29) is 11.9 Å². The summed E-state index contributed by atoms with van der Waals surface area (Å²) in [5, 5.41) is 30.8. The van der Waals surface area contributed by atoms with Crippen LogP contribution in [0.15, 0.2) is 20.7 Å². The largest absolute Gasteiger partial charge is 0.309 e. The number of hydrogen-bond acceptors (Lipinski definition) is 11. The Balaban J connectivity index is 2.02. The van der Waals surface area contributed by atoms with Crippen LogP contribution in [0, 0.1) is 0 Å². The molecule has 1 aromatic heterocycles. The van der Waals surface area contributed by atoms with E-state index in [1.807, 2.05) is 0 Å². The zero-order chi connectivity index (χ0) is 9.80. The highest BCUT2D eigenvalue weighted by Crippen LogP contribution is 2.06. The molecule has 72 valence electrons. The van der Waals surface area contributed by atoms with E-state index in [0.29, 0.717) is 0 Å². The number of aromatic nitrogens is 4. The van der Waals surface area contributed by atoms with Crippen molar-refractivity contribution in [2.75, 3.05) is 10.7 Å². The molecule has 2 rings (SSSR count). The summed E-state index contributed by atoms with van der Waals surface area (Å²) >= 11 is 0. The van der Waals surface area contributed by atoms with E-state index in [0.717, 1.165) is 0 Å². The van der Waals surface area contributed by atoms with Crippen LogP contribution in [-0.4, -0.2) is 26.7 Å². The maximum absolute atomic E-state index is 5.02. The van der Waals surface area contributed by atoms with E-state index in [2.05, 4.69) is 51.8 Å². The Kier molecular flexibility index (Phi) is 2.14. The first-order valence-electron chi connectivity index (χ1n) is 3.49. The SMILES string of the molecule is NNc1nnc(NC2N=NN=N2)nn1. The second-order valence-corrected chi connectivity index (χ2v) is 2.12. The van der Waals surface area contributed by atoms with Gasteiger partial charge in [0.25, 0.3) is 18.2 Å². The first-order valence-corrected chi connectivity index (χ1v) is 3.49. The van der Waals surface area contributed by atoms with Gasteiger partial charge in [0.15, 0.2) is 0 Å². The Morgan fingerprint density at radius 2 is 1.50 bits per heavy atom. The van der Waals surface area contributed by atoms with Crippen LogP contribution >= 0.6 is 0 Å². The minimum atomic E-state index is -0.615. The lowest BCUT2D eigenvalue weighted by Gasteiger charge is -2.02. The summed E-state index contributed by atoms with van der Waals surface area (Å²) in [7, 11) is 0. The van der Waals surface area contributed by atoms with Crippen LogP contribution in [0.25, 0.3) is 0 Å². The monoisotopic (exact) mass is 195 g/mol. The zero-order valence-electron chi connectivity index (χ0n) is 6.73. The molecule has 11 nitrogen and oxygen atoms in total. The normalized spacial score (nSPS) is 14.6. The molecule has 1 aliphatic heterocycles. The number of nitrogens with one attached hydrogen (secondary N) is 2. The van der Waals surface area contributed by atoms with Gasteiger partial charge in [0, 0.05) is 0 Å². The van der Waals surface area contributed by atoms with E-state index < -0.39 is 6.29 Å². The lowest BCUT2D eigenvalue weighted by Crippen LogP contribution is -2.17. The molecule has 0 saturated heterocycles. The first kappa shape index (κ1) is 8.31. The standard InChI is InChI=1S/C3H5N11/c4-6-3-9-7-1(8-10-3)5-2-11-13-14-12-2/h2H,4H2,(H,5,7,8)(H,6,9,10). The first-order chi connectivity index (χ1) is 6.88. The smallest absolute Gasteiger partial charge is 0.276 e. The Labute approximate surface area is 76.9 Å². The fourth-order valence-corrected chi connectivity index (χ4v) is 0.685. The Bertz CT molecular complexity index is 339. The average Bonchev–Trinajstić information content (AvgIpc) is 2.72. The van der Waals surface area contributed by atoms with Crippen LogP contribution in [0.3, 0.4) is 0 Å². The summed E-state index contributed by atoms with van der Waals surface area (Å²) in [6, 6.07) is 0. The number of hydrogen-bond donors (Lipinski definition) is 3. The van der Waals surface area contributed by atoms with Crippen LogP contribution in [0.4, 0.5) is 11.9 Å². The van der Waals surface area contributed by atoms with Gasteiger partial charge in [-0.2, -0.15) is 0 Å². The van der Waals surface area contributed by atoms with Crippen molar-refractivity contribution in [1.82, 2.24) is 20.4 Å². The molecule has 0 amide bonds. The van der Waals surface area contributed by atoms with E-state index in [4.69, 9.17) is 5.84 Å². The molecule has 11 heteroatoms. The quantitative estimate of drug-likeness (QED) is 0.416. The van der Waals surface area contributed by atoms with Gasteiger partial charge in [-0.15, -0.1) is 30.6 Å². The molecule has 0 fully saturated rings. The number of anilines is 2. The molecular weight excluding hydrogens is 190 g/mol. The van der Waals surface area contributed by atoms with Crippen molar-refractivity contribution in [2.24, 2.45) is 26.5 Å². The van der Waals surface area contributed by atoms with Crippen molar-refractivity contribution in [3.63, 3.8) is 0 Å². The van der Waals surface area contributed by atoms with Gasteiger partial charge in [-0.1, -0.05) is 0 Å². The van der Waals surface area contributed by atoms with Crippen LogP contribution in [0.1, 0.15) is 0 Å². The minimum Gasteiger partial charge on any atom is -0.309 e. The highest BCUT2D eigenvalue weighted by atomic mass is 15.6. The molecule has 14 heavy (non-hydrogen) atoms. The third-order valence-electron chi connectivity index (χ3n) is 1.23. The summed E-state index contributed by atoms with van der Waals surface area (Å²) in [5.41, 5.74) is 2.19. The highest BCUT2D eigenvalue weighted by molar-refractivity contribution is 5.24. The number of nitrogens with zero attached hydrogens (tertiary/aromatic N) is 8. The van der Waals surface area contributed by atoms with Crippen molar-refractivity contribution in [2.45, 2.75) is 6.29 Å². The highest BCUT2D eigenvalue weighted by Gasteiger charge is 2.10. The lowest BCUT2D eigenvalue weighted by atomic mass is 10.8. The van der Waals surface area contributed by atoms with E-state index in [9.17, 15) is 0 Å². The summed E-state index contributed by atoms with van der Waals surface area (Å²) in [5.74, 6) is 5.30. The van der Waals surface area contributed by atoms with Crippen molar-refractivity contribution in [3.05, 3.63) is 0 Å². The van der Waals surface area contributed by atoms with E-state index >= 15 is 0 Å². The Morgan fingerprint density at radius 1 is 0.929 bits per heavy atom. The van der Waals surface area contributed by atoms with Crippen molar-refractivity contribution in [1.29, 1.82) is 0 Å². The van der Waals surface area contributed by atoms with Crippen LogP contribution in [0.2, 0.25) is 0 Å². The van der Waals surface area contributed by atoms with Crippen LogP contribution < -0.4 is 16.6 Å². The number of hydrazine groups is 1. The molecule has 0 spiro atoms. The molecule has 0 unspecified atom stereocenters. The molecule has 0 aromatic carbocycles. The summed E-state index contributed by atoms with van der Waals surface area (Å²) < 4.78 is 0. The zero-order valence-corrected chi connectivity index (χ0v) is 6.73. The van der Waals surface area contributed by atoms with Gasteiger partial charge in [0.2, 0.25) is 0 Å². The van der Waals surface area contributed by atoms with Gasteiger partial charge in [0.1, 0.15) is 0 Å². The molecule has 2 heterocycles. The maximum Gasteiger partial charge on any atom is 0.276 e. The molecule has 0 bridgehead atoms. The predicted molar refractivity (Wildman–Crippen MR) is 42.6 cm³/mol. The fraction of sp³-hybridized carbons (Fsp3) is 0.333. The second kappa shape index (κ2) is 3.61. The van der Waals surface area contributed by atoms with Gasteiger partial charge >= 0.3 is 0 Å². The topological polar surface area (TPSA) is 151 Å². The van der Waals surface area contributed by atoms with Gasteiger partial charge in [-0.05, 0) is 10.4 Å². The molecule has 1 aliphatic rings. The van der Waals surface area contributed by atoms with E-state index in [1.165, 1.54) is 0 Å². The molecule has 4 N–H and O–H groups in total. The van der Waals surface area contributed by atoms with Crippen molar-refractivity contribution in [3.8, 4) is 0 Å². The van der Waals surface area contributed by atoms with Gasteiger partial charge < -0.3 is 5.32 Å². The average molecular weight is 195 g/mol. The third kappa shape index (κ3) is 1.71. The summed E-state index contributed by atoms with van der Waals surface area (Å²) in [4.78, 5) is 0. The van der Waals surface area contributed by atoms with Crippen LogP contribution in [-0.2, 0) is 0 Å². The van der Waals surface area contributed by atoms with E-state index in [1.54, 1.807) is 0 Å². The molecule has 0 radical (unpaired) electrons. The van der Waals surface area contributed by atoms with Crippen molar-refractivity contribution >= 4 is 11.9 Å². The molecular formula is C3H5N11. The number of rotatable bonds is 3. The number of nitrogens with two attached hydrogens (primary N) is 1. The van der Waals surface area contributed by atoms with Gasteiger partial charge in [0.05, 0.1) is 0 Å². The minimum absolute atomic E-state index is 0.116.